The van der Waals surface area contributed by atoms with Crippen LogP contribution in [0.4, 0.5) is 5.82 Å². The van der Waals surface area contributed by atoms with E-state index in [-0.39, 0.29) is 5.69 Å². The molecule has 1 aromatic rings. The number of nitrogens with zero attached hydrogens (tertiary/aromatic N) is 2. The molecule has 18 heavy (non-hydrogen) atoms. The summed E-state index contributed by atoms with van der Waals surface area (Å²) < 4.78 is 4.55. The van der Waals surface area contributed by atoms with Crippen molar-refractivity contribution in [2.24, 2.45) is 0 Å². The molecule has 0 saturated heterocycles. The molecule has 0 bridgehead atoms. The zero-order valence-electron chi connectivity index (χ0n) is 10.8. The number of rotatable bonds is 8. The van der Waals surface area contributed by atoms with Crippen molar-refractivity contribution in [2.45, 2.75) is 19.3 Å². The molecular weight excluding hydrogens is 250 g/mol. The summed E-state index contributed by atoms with van der Waals surface area (Å²) in [6.45, 7) is 0.876. The van der Waals surface area contributed by atoms with Gasteiger partial charge >= 0.3 is 5.97 Å². The molecule has 0 aromatic carbocycles. The molecule has 1 N–H and O–H groups in total. The smallest absolute Gasteiger partial charge is 0.358 e. The van der Waals surface area contributed by atoms with E-state index in [9.17, 15) is 4.79 Å². The maximum absolute atomic E-state index is 11.1. The van der Waals surface area contributed by atoms with Crippen molar-refractivity contribution in [3.63, 3.8) is 0 Å². The fourth-order valence-corrected chi connectivity index (χ4v) is 1.90. The number of methoxy groups -OCH3 is 1. The van der Waals surface area contributed by atoms with Gasteiger partial charge in [0.2, 0.25) is 0 Å². The van der Waals surface area contributed by atoms with Crippen LogP contribution in [0, 0.1) is 0 Å². The predicted octanol–water partition coefficient (Wildman–Crippen LogP) is 2.21. The average Bonchev–Trinajstić information content (AvgIpc) is 2.42. The molecule has 0 atom stereocenters. The minimum absolute atomic E-state index is 0.225. The highest BCUT2D eigenvalue weighted by Gasteiger charge is 2.06. The molecule has 0 radical (unpaired) electrons. The van der Waals surface area contributed by atoms with Gasteiger partial charge in [0.1, 0.15) is 5.82 Å². The Kier molecular flexibility index (Phi) is 7.17. The first-order valence-corrected chi connectivity index (χ1v) is 7.32. The summed E-state index contributed by atoms with van der Waals surface area (Å²) in [5, 5.41) is 10.9. The highest BCUT2D eigenvalue weighted by molar-refractivity contribution is 7.98. The Hall–Kier alpha value is -1.30. The summed E-state index contributed by atoms with van der Waals surface area (Å²) in [6.07, 6.45) is 5.69. The Morgan fingerprint density at radius 3 is 2.78 bits per heavy atom. The lowest BCUT2D eigenvalue weighted by molar-refractivity contribution is 0.0593. The van der Waals surface area contributed by atoms with Crippen molar-refractivity contribution >= 4 is 23.5 Å². The fourth-order valence-electron chi connectivity index (χ4n) is 1.40. The van der Waals surface area contributed by atoms with E-state index in [1.54, 1.807) is 12.1 Å². The zero-order chi connectivity index (χ0) is 13.2. The van der Waals surface area contributed by atoms with Crippen molar-refractivity contribution in [3.8, 4) is 0 Å². The molecular formula is C12H19N3O2S. The number of aromatic nitrogens is 2. The minimum atomic E-state index is -0.467. The normalized spacial score (nSPS) is 10.1. The van der Waals surface area contributed by atoms with Crippen LogP contribution in [-0.2, 0) is 4.74 Å². The van der Waals surface area contributed by atoms with Crippen LogP contribution in [-0.4, -0.2) is 41.8 Å². The molecule has 0 amide bonds. The molecule has 100 valence electrons. The van der Waals surface area contributed by atoms with Crippen LogP contribution in [0.5, 0.6) is 0 Å². The van der Waals surface area contributed by atoms with Gasteiger partial charge in [-0.2, -0.15) is 11.8 Å². The molecule has 0 aliphatic carbocycles. The van der Waals surface area contributed by atoms with Gasteiger partial charge in [-0.15, -0.1) is 10.2 Å². The van der Waals surface area contributed by atoms with Gasteiger partial charge < -0.3 is 10.1 Å². The van der Waals surface area contributed by atoms with Gasteiger partial charge in [-0.1, -0.05) is 6.42 Å². The zero-order valence-corrected chi connectivity index (χ0v) is 11.6. The fraction of sp³-hybridized carbons (Fsp3) is 0.583. The third kappa shape index (κ3) is 5.35. The summed E-state index contributed by atoms with van der Waals surface area (Å²) >= 11 is 1.88. The predicted molar refractivity (Wildman–Crippen MR) is 74.1 cm³/mol. The minimum Gasteiger partial charge on any atom is -0.464 e. The number of carbonyl (C=O) groups is 1. The number of thioether (sulfide) groups is 1. The molecule has 1 rings (SSSR count). The second-order valence-corrected chi connectivity index (χ2v) is 4.76. The largest absolute Gasteiger partial charge is 0.464 e. The van der Waals surface area contributed by atoms with E-state index in [1.165, 1.54) is 25.7 Å². The quantitative estimate of drug-likeness (QED) is 0.576. The maximum Gasteiger partial charge on any atom is 0.358 e. The summed E-state index contributed by atoms with van der Waals surface area (Å²) in [7, 11) is 1.32. The van der Waals surface area contributed by atoms with Gasteiger partial charge in [0.05, 0.1) is 7.11 Å². The van der Waals surface area contributed by atoms with Crippen LogP contribution in [0.25, 0.3) is 0 Å². The third-order valence-corrected chi connectivity index (χ3v) is 3.09. The molecule has 1 heterocycles. The Morgan fingerprint density at radius 2 is 2.17 bits per heavy atom. The Morgan fingerprint density at radius 1 is 1.33 bits per heavy atom. The second-order valence-electron chi connectivity index (χ2n) is 3.78. The molecule has 0 fully saturated rings. The molecule has 0 aliphatic rings. The highest BCUT2D eigenvalue weighted by atomic mass is 32.2. The Labute approximate surface area is 112 Å². The van der Waals surface area contributed by atoms with Crippen LogP contribution >= 0.6 is 11.8 Å². The number of carbonyl (C=O) groups excluding carboxylic acids is 1. The summed E-state index contributed by atoms with van der Waals surface area (Å²) in [6, 6.07) is 3.34. The molecule has 1 aromatic heterocycles. The number of esters is 1. The first-order chi connectivity index (χ1) is 8.77. The lowest BCUT2D eigenvalue weighted by Gasteiger charge is -2.05. The number of unbranched alkanes of at least 4 members (excludes halogenated alkanes) is 2. The first-order valence-electron chi connectivity index (χ1n) is 5.92. The van der Waals surface area contributed by atoms with Crippen LogP contribution in [0.1, 0.15) is 29.8 Å². The SMILES string of the molecule is COC(=O)c1ccc(NCCCCCSC)nn1. The monoisotopic (exact) mass is 269 g/mol. The number of ether oxygens (including phenoxy) is 1. The first kappa shape index (κ1) is 14.8. The Balaban J connectivity index is 2.25. The van der Waals surface area contributed by atoms with Crippen LogP contribution in [0.3, 0.4) is 0 Å². The summed E-state index contributed by atoms with van der Waals surface area (Å²) in [5.41, 5.74) is 0.225. The van der Waals surface area contributed by atoms with E-state index < -0.39 is 5.97 Å². The van der Waals surface area contributed by atoms with Gasteiger partial charge in [0.25, 0.3) is 0 Å². The summed E-state index contributed by atoms with van der Waals surface area (Å²) in [4.78, 5) is 11.1. The third-order valence-electron chi connectivity index (χ3n) is 2.39. The van der Waals surface area contributed by atoms with Gasteiger partial charge in [0.15, 0.2) is 5.69 Å². The van der Waals surface area contributed by atoms with E-state index in [4.69, 9.17) is 0 Å². The van der Waals surface area contributed by atoms with Gasteiger partial charge in [-0.3, -0.25) is 0 Å². The van der Waals surface area contributed by atoms with Crippen molar-refractivity contribution in [1.29, 1.82) is 0 Å². The molecule has 0 aliphatic heterocycles. The topological polar surface area (TPSA) is 64.1 Å². The summed E-state index contributed by atoms with van der Waals surface area (Å²) in [5.74, 6) is 1.44. The lowest BCUT2D eigenvalue weighted by atomic mass is 10.2. The number of nitrogens with one attached hydrogen (secondary N) is 1. The number of hydrogen-bond donors (Lipinski definition) is 1. The molecule has 5 nitrogen and oxygen atoms in total. The van der Waals surface area contributed by atoms with Gasteiger partial charge in [0, 0.05) is 6.54 Å². The number of hydrogen-bond acceptors (Lipinski definition) is 6. The molecule has 0 spiro atoms. The van der Waals surface area contributed by atoms with Crippen LogP contribution in [0.2, 0.25) is 0 Å². The van der Waals surface area contributed by atoms with Crippen molar-refractivity contribution < 1.29 is 9.53 Å². The van der Waals surface area contributed by atoms with Gasteiger partial charge in [-0.25, -0.2) is 4.79 Å². The Bertz CT molecular complexity index is 357. The second kappa shape index (κ2) is 8.74. The van der Waals surface area contributed by atoms with E-state index in [2.05, 4.69) is 26.5 Å². The van der Waals surface area contributed by atoms with Crippen LogP contribution < -0.4 is 5.32 Å². The molecule has 0 saturated carbocycles. The molecule has 0 unspecified atom stereocenters. The van der Waals surface area contributed by atoms with E-state index in [1.807, 2.05) is 11.8 Å². The average molecular weight is 269 g/mol. The maximum atomic E-state index is 11.1. The van der Waals surface area contributed by atoms with Crippen molar-refractivity contribution in [2.75, 3.05) is 31.0 Å². The van der Waals surface area contributed by atoms with E-state index in [0.29, 0.717) is 5.82 Å². The van der Waals surface area contributed by atoms with Gasteiger partial charge in [-0.05, 0) is 37.0 Å². The van der Waals surface area contributed by atoms with Crippen LogP contribution in [0.15, 0.2) is 12.1 Å². The molecule has 6 heteroatoms. The van der Waals surface area contributed by atoms with Crippen molar-refractivity contribution in [1.82, 2.24) is 10.2 Å². The van der Waals surface area contributed by atoms with E-state index in [0.717, 1.165) is 13.0 Å². The highest BCUT2D eigenvalue weighted by Crippen LogP contribution is 2.05. The van der Waals surface area contributed by atoms with E-state index >= 15 is 0 Å². The lowest BCUT2D eigenvalue weighted by Crippen LogP contribution is -2.08. The van der Waals surface area contributed by atoms with Crippen molar-refractivity contribution in [3.05, 3.63) is 17.8 Å². The standard InChI is InChI=1S/C12H19N3O2S/c1-17-12(16)10-6-7-11(15-14-10)13-8-4-3-5-9-18-2/h6-7H,3-5,8-9H2,1-2H3,(H,13,15). The number of anilines is 1.